The first-order valence-corrected chi connectivity index (χ1v) is 9.29. The number of nitro groups is 1. The average molecular weight is 410 g/mol. The highest BCUT2D eigenvalue weighted by molar-refractivity contribution is 5.79. The van der Waals surface area contributed by atoms with Gasteiger partial charge in [0.15, 0.2) is 0 Å². The van der Waals surface area contributed by atoms with Gasteiger partial charge in [0.1, 0.15) is 18.6 Å². The van der Waals surface area contributed by atoms with E-state index in [9.17, 15) is 24.5 Å². The maximum atomic E-state index is 12.7. The number of amides is 1. The van der Waals surface area contributed by atoms with Crippen molar-refractivity contribution >= 4 is 28.3 Å². The Morgan fingerprint density at radius 2 is 1.83 bits per heavy atom. The molecule has 2 aromatic heterocycles. The molecule has 0 bridgehead atoms. The number of carbonyl (C=O) groups excluding carboxylic acids is 1. The predicted molar refractivity (Wildman–Crippen MR) is 109 cm³/mol. The fourth-order valence-electron chi connectivity index (χ4n) is 3.44. The number of pyridine rings is 1. The lowest BCUT2D eigenvalue weighted by atomic mass is 10.2. The van der Waals surface area contributed by atoms with Gasteiger partial charge in [-0.1, -0.05) is 12.1 Å². The lowest BCUT2D eigenvalue weighted by Crippen LogP contribution is -2.51. The summed E-state index contributed by atoms with van der Waals surface area (Å²) in [5.41, 5.74) is -0.781. The number of H-pyrrole nitrogens is 1. The number of aromatic amines is 1. The van der Waals surface area contributed by atoms with Gasteiger partial charge in [0.05, 0.1) is 15.8 Å². The van der Waals surface area contributed by atoms with Crippen LogP contribution in [-0.2, 0) is 11.3 Å². The van der Waals surface area contributed by atoms with Gasteiger partial charge in [-0.2, -0.15) is 0 Å². The molecule has 11 heteroatoms. The number of piperazine rings is 1. The van der Waals surface area contributed by atoms with Crippen molar-refractivity contribution in [3.63, 3.8) is 0 Å². The topological polar surface area (TPSA) is 134 Å². The Balaban J connectivity index is 1.44. The summed E-state index contributed by atoms with van der Waals surface area (Å²) in [6.07, 6.45) is 1.20. The molecule has 3 heterocycles. The molecular formula is C19H18N6O5. The molecule has 0 spiro atoms. The molecule has 1 amide bonds. The third-order valence-electron chi connectivity index (χ3n) is 5.08. The van der Waals surface area contributed by atoms with Crippen LogP contribution < -0.4 is 16.1 Å². The van der Waals surface area contributed by atoms with Crippen molar-refractivity contribution in [2.45, 2.75) is 6.54 Å². The quantitative estimate of drug-likeness (QED) is 0.484. The van der Waals surface area contributed by atoms with Crippen LogP contribution in [0, 0.1) is 10.1 Å². The fraction of sp³-hybridized carbons (Fsp3) is 0.263. The summed E-state index contributed by atoms with van der Waals surface area (Å²) in [5.74, 6) is 0.268. The van der Waals surface area contributed by atoms with E-state index in [2.05, 4.69) is 9.97 Å². The van der Waals surface area contributed by atoms with Crippen LogP contribution in [0.5, 0.6) is 0 Å². The first-order chi connectivity index (χ1) is 14.4. The third-order valence-corrected chi connectivity index (χ3v) is 5.08. The summed E-state index contributed by atoms with van der Waals surface area (Å²) in [5, 5.41) is 11.1. The van der Waals surface area contributed by atoms with E-state index in [0.717, 1.165) is 4.57 Å². The molecule has 0 saturated carbocycles. The van der Waals surface area contributed by atoms with Crippen molar-refractivity contribution in [1.29, 1.82) is 0 Å². The van der Waals surface area contributed by atoms with E-state index in [4.69, 9.17) is 0 Å². The van der Waals surface area contributed by atoms with Crippen LogP contribution in [0.1, 0.15) is 0 Å². The second-order valence-corrected chi connectivity index (χ2v) is 6.87. The molecule has 11 nitrogen and oxygen atoms in total. The number of nitrogens with zero attached hydrogens (tertiary/aromatic N) is 5. The number of benzene rings is 1. The Labute approximate surface area is 169 Å². The van der Waals surface area contributed by atoms with Crippen molar-refractivity contribution < 1.29 is 9.72 Å². The molecule has 0 radical (unpaired) electrons. The minimum Gasteiger partial charge on any atom is -0.353 e. The molecule has 154 valence electrons. The Morgan fingerprint density at radius 1 is 1.10 bits per heavy atom. The summed E-state index contributed by atoms with van der Waals surface area (Å²) in [6.45, 7) is 1.41. The molecule has 1 fully saturated rings. The van der Waals surface area contributed by atoms with Gasteiger partial charge < -0.3 is 14.8 Å². The maximum Gasteiger partial charge on any atom is 0.329 e. The van der Waals surface area contributed by atoms with Gasteiger partial charge in [-0.25, -0.2) is 9.78 Å². The molecular weight excluding hydrogens is 392 g/mol. The lowest BCUT2D eigenvalue weighted by Gasteiger charge is -2.35. The van der Waals surface area contributed by atoms with Gasteiger partial charge in [0.2, 0.25) is 5.91 Å². The average Bonchev–Trinajstić information content (AvgIpc) is 2.76. The molecule has 30 heavy (non-hydrogen) atoms. The summed E-state index contributed by atoms with van der Waals surface area (Å²) < 4.78 is 0.912. The second kappa shape index (κ2) is 7.78. The van der Waals surface area contributed by atoms with E-state index in [-0.39, 0.29) is 18.1 Å². The minimum absolute atomic E-state index is 0.0846. The maximum absolute atomic E-state index is 12.7. The van der Waals surface area contributed by atoms with Crippen molar-refractivity contribution in [3.8, 4) is 0 Å². The Morgan fingerprint density at radius 3 is 2.50 bits per heavy atom. The van der Waals surface area contributed by atoms with Gasteiger partial charge in [0.25, 0.3) is 11.2 Å². The second-order valence-electron chi connectivity index (χ2n) is 6.87. The first kappa shape index (κ1) is 19.3. The Hall–Kier alpha value is -4.02. The molecule has 1 aliphatic heterocycles. The van der Waals surface area contributed by atoms with Gasteiger partial charge in [-0.3, -0.25) is 24.3 Å². The van der Waals surface area contributed by atoms with Crippen LogP contribution in [0.4, 0.5) is 11.5 Å². The number of hydrogen-bond acceptors (Lipinski definition) is 7. The zero-order chi connectivity index (χ0) is 21.3. The molecule has 1 saturated heterocycles. The highest BCUT2D eigenvalue weighted by Crippen LogP contribution is 2.17. The zero-order valence-corrected chi connectivity index (χ0v) is 15.9. The minimum atomic E-state index is -0.624. The lowest BCUT2D eigenvalue weighted by molar-refractivity contribution is -0.385. The van der Waals surface area contributed by atoms with E-state index < -0.39 is 16.2 Å². The molecule has 0 unspecified atom stereocenters. The van der Waals surface area contributed by atoms with Crippen molar-refractivity contribution in [2.75, 3.05) is 31.1 Å². The Bertz CT molecular complexity index is 1220. The van der Waals surface area contributed by atoms with Gasteiger partial charge in [0, 0.05) is 32.2 Å². The van der Waals surface area contributed by atoms with Crippen LogP contribution in [0.25, 0.3) is 10.9 Å². The molecule has 0 aliphatic carbocycles. The molecule has 1 N–H and O–H groups in total. The van der Waals surface area contributed by atoms with Crippen LogP contribution in [-0.4, -0.2) is 56.4 Å². The molecule has 1 aliphatic rings. The monoisotopic (exact) mass is 410 g/mol. The van der Waals surface area contributed by atoms with Crippen molar-refractivity contribution in [2.24, 2.45) is 0 Å². The van der Waals surface area contributed by atoms with Gasteiger partial charge in [-0.15, -0.1) is 0 Å². The fourth-order valence-corrected chi connectivity index (χ4v) is 3.44. The number of para-hydroxylation sites is 1. The van der Waals surface area contributed by atoms with Crippen molar-refractivity contribution in [1.82, 2.24) is 19.4 Å². The number of rotatable bonds is 4. The molecule has 4 rings (SSSR count). The van der Waals surface area contributed by atoms with Gasteiger partial charge in [-0.05, 0) is 18.2 Å². The zero-order valence-electron chi connectivity index (χ0n) is 15.9. The summed E-state index contributed by atoms with van der Waals surface area (Å²) in [4.78, 5) is 58.0. The van der Waals surface area contributed by atoms with Gasteiger partial charge >= 0.3 is 5.69 Å². The molecule has 1 aromatic carbocycles. The number of fused-ring (bicyclic) bond motifs is 1. The number of carbonyl (C=O) groups is 1. The smallest absolute Gasteiger partial charge is 0.329 e. The molecule has 3 aromatic rings. The summed E-state index contributed by atoms with van der Waals surface area (Å²) in [6, 6.07) is 9.61. The van der Waals surface area contributed by atoms with E-state index in [0.29, 0.717) is 42.9 Å². The van der Waals surface area contributed by atoms with Crippen LogP contribution in [0.3, 0.4) is 0 Å². The standard InChI is InChI=1S/C19H18N6O5/c26-17(12-24-18(27)14-3-1-2-4-15(14)21-19(24)28)23-9-7-22(8-10-23)16-6-5-13(11-20-16)25(29)30/h1-6,11H,7-10,12H2,(H,21,28). The Kier molecular flexibility index (Phi) is 5.00. The summed E-state index contributed by atoms with van der Waals surface area (Å²) in [7, 11) is 0. The number of anilines is 1. The third kappa shape index (κ3) is 3.64. The van der Waals surface area contributed by atoms with E-state index in [1.807, 2.05) is 4.90 Å². The van der Waals surface area contributed by atoms with E-state index >= 15 is 0 Å². The number of nitrogens with one attached hydrogen (secondary N) is 1. The number of hydrogen-bond donors (Lipinski definition) is 1. The van der Waals surface area contributed by atoms with Crippen LogP contribution >= 0.6 is 0 Å². The normalized spacial score (nSPS) is 14.1. The summed E-state index contributed by atoms with van der Waals surface area (Å²) >= 11 is 0. The van der Waals surface area contributed by atoms with E-state index in [1.165, 1.54) is 12.3 Å². The largest absolute Gasteiger partial charge is 0.353 e. The SMILES string of the molecule is O=C(Cn1c(=O)[nH]c2ccccc2c1=O)N1CCN(c2ccc([N+](=O)[O-])cn2)CC1. The number of aromatic nitrogens is 3. The predicted octanol–water partition coefficient (Wildman–Crippen LogP) is 0.342. The molecule has 0 atom stereocenters. The first-order valence-electron chi connectivity index (χ1n) is 9.29. The highest BCUT2D eigenvalue weighted by Gasteiger charge is 2.23. The van der Waals surface area contributed by atoms with Crippen LogP contribution in [0.15, 0.2) is 52.2 Å². The van der Waals surface area contributed by atoms with Crippen LogP contribution in [0.2, 0.25) is 0 Å². The van der Waals surface area contributed by atoms with E-state index in [1.54, 1.807) is 35.2 Å². The highest BCUT2D eigenvalue weighted by atomic mass is 16.6. The van der Waals surface area contributed by atoms with Crippen molar-refractivity contribution in [3.05, 3.63) is 73.5 Å².